The summed E-state index contributed by atoms with van der Waals surface area (Å²) in [6, 6.07) is 12.7. The number of pyridine rings is 1. The van der Waals surface area contributed by atoms with E-state index in [0.717, 1.165) is 17.7 Å². The average molecular weight is 325 g/mol. The average Bonchev–Trinajstić information content (AvgIpc) is 2.60. The van der Waals surface area contributed by atoms with E-state index >= 15 is 0 Å². The van der Waals surface area contributed by atoms with Gasteiger partial charge in [-0.05, 0) is 50.1 Å². The van der Waals surface area contributed by atoms with Crippen LogP contribution in [0.4, 0.5) is 5.69 Å². The number of nitrogens with one attached hydrogen (secondary N) is 1. The zero-order valence-electron chi connectivity index (χ0n) is 14.4. The van der Waals surface area contributed by atoms with Crippen LogP contribution >= 0.6 is 0 Å². The lowest BCUT2D eigenvalue weighted by Gasteiger charge is -2.21. The molecule has 0 aliphatic heterocycles. The SMILES string of the molecule is CCCNC(=O)c1cccc(C(=O)N(CC)c2cccc(C)c2)n1. The van der Waals surface area contributed by atoms with E-state index in [-0.39, 0.29) is 23.2 Å². The lowest BCUT2D eigenvalue weighted by Crippen LogP contribution is -2.32. The smallest absolute Gasteiger partial charge is 0.276 e. The molecule has 1 aromatic heterocycles. The predicted octanol–water partition coefficient (Wildman–Crippen LogP) is 3.20. The summed E-state index contributed by atoms with van der Waals surface area (Å²) in [7, 11) is 0. The summed E-state index contributed by atoms with van der Waals surface area (Å²) in [4.78, 5) is 30.7. The van der Waals surface area contributed by atoms with E-state index in [1.54, 1.807) is 23.1 Å². The van der Waals surface area contributed by atoms with Gasteiger partial charge in [-0.25, -0.2) is 4.98 Å². The molecule has 0 aliphatic carbocycles. The van der Waals surface area contributed by atoms with Gasteiger partial charge in [-0.15, -0.1) is 0 Å². The van der Waals surface area contributed by atoms with Crippen LogP contribution in [0.15, 0.2) is 42.5 Å². The number of rotatable bonds is 6. The molecule has 0 atom stereocenters. The Balaban J connectivity index is 2.26. The fourth-order valence-corrected chi connectivity index (χ4v) is 2.39. The topological polar surface area (TPSA) is 62.3 Å². The largest absolute Gasteiger partial charge is 0.351 e. The van der Waals surface area contributed by atoms with Crippen LogP contribution in [0.3, 0.4) is 0 Å². The summed E-state index contributed by atoms with van der Waals surface area (Å²) in [5.41, 5.74) is 2.43. The minimum absolute atomic E-state index is 0.215. The van der Waals surface area contributed by atoms with E-state index < -0.39 is 0 Å². The van der Waals surface area contributed by atoms with E-state index in [0.29, 0.717) is 13.1 Å². The maximum Gasteiger partial charge on any atom is 0.276 e. The van der Waals surface area contributed by atoms with Gasteiger partial charge in [-0.3, -0.25) is 9.59 Å². The molecular weight excluding hydrogens is 302 g/mol. The van der Waals surface area contributed by atoms with Gasteiger partial charge in [0.2, 0.25) is 0 Å². The van der Waals surface area contributed by atoms with Crippen LogP contribution in [0.5, 0.6) is 0 Å². The molecule has 0 saturated heterocycles. The van der Waals surface area contributed by atoms with Crippen molar-refractivity contribution in [2.75, 3.05) is 18.0 Å². The Morgan fingerprint density at radius 1 is 1.08 bits per heavy atom. The zero-order chi connectivity index (χ0) is 17.5. The van der Waals surface area contributed by atoms with Crippen LogP contribution in [0, 0.1) is 6.92 Å². The van der Waals surface area contributed by atoms with Crippen LogP contribution in [0.2, 0.25) is 0 Å². The molecule has 0 bridgehead atoms. The van der Waals surface area contributed by atoms with Gasteiger partial charge >= 0.3 is 0 Å². The van der Waals surface area contributed by atoms with Gasteiger partial charge in [0.05, 0.1) is 0 Å². The molecule has 0 radical (unpaired) electrons. The van der Waals surface area contributed by atoms with Crippen molar-refractivity contribution in [3.05, 3.63) is 59.4 Å². The first-order valence-electron chi connectivity index (χ1n) is 8.20. The Hall–Kier alpha value is -2.69. The van der Waals surface area contributed by atoms with E-state index in [1.807, 2.05) is 45.0 Å². The molecular formula is C19H23N3O2. The highest BCUT2D eigenvalue weighted by molar-refractivity contribution is 6.05. The molecule has 1 aromatic carbocycles. The van der Waals surface area contributed by atoms with Crippen molar-refractivity contribution in [2.45, 2.75) is 27.2 Å². The highest BCUT2D eigenvalue weighted by Gasteiger charge is 2.19. The summed E-state index contributed by atoms with van der Waals surface area (Å²) in [5.74, 6) is -0.474. The molecule has 0 saturated carbocycles. The Labute approximate surface area is 142 Å². The van der Waals surface area contributed by atoms with Gasteiger partial charge < -0.3 is 10.2 Å². The first-order chi connectivity index (χ1) is 11.6. The molecule has 0 aliphatic rings. The first-order valence-corrected chi connectivity index (χ1v) is 8.20. The van der Waals surface area contributed by atoms with Crippen molar-refractivity contribution in [1.82, 2.24) is 10.3 Å². The quantitative estimate of drug-likeness (QED) is 0.887. The molecule has 2 aromatic rings. The molecule has 5 heteroatoms. The molecule has 2 rings (SSSR count). The van der Waals surface area contributed by atoms with Crippen molar-refractivity contribution >= 4 is 17.5 Å². The number of hydrogen-bond donors (Lipinski definition) is 1. The number of amides is 2. The number of aromatic nitrogens is 1. The van der Waals surface area contributed by atoms with E-state index in [2.05, 4.69) is 10.3 Å². The maximum absolute atomic E-state index is 12.8. The van der Waals surface area contributed by atoms with E-state index in [4.69, 9.17) is 0 Å². The minimum Gasteiger partial charge on any atom is -0.351 e. The normalized spacial score (nSPS) is 10.3. The second kappa shape index (κ2) is 8.24. The third-order valence-electron chi connectivity index (χ3n) is 3.61. The number of aryl methyl sites for hydroxylation is 1. The molecule has 126 valence electrons. The summed E-state index contributed by atoms with van der Waals surface area (Å²) < 4.78 is 0. The highest BCUT2D eigenvalue weighted by atomic mass is 16.2. The van der Waals surface area contributed by atoms with Crippen LogP contribution in [0.1, 0.15) is 46.8 Å². The Morgan fingerprint density at radius 3 is 2.46 bits per heavy atom. The molecule has 0 fully saturated rings. The van der Waals surface area contributed by atoms with Crippen LogP contribution in [-0.4, -0.2) is 29.9 Å². The third kappa shape index (κ3) is 4.19. The Bertz CT molecular complexity index is 728. The molecule has 5 nitrogen and oxygen atoms in total. The van der Waals surface area contributed by atoms with Gasteiger partial charge in [0.25, 0.3) is 11.8 Å². The van der Waals surface area contributed by atoms with Crippen molar-refractivity contribution in [3.63, 3.8) is 0 Å². The van der Waals surface area contributed by atoms with Crippen molar-refractivity contribution in [1.29, 1.82) is 0 Å². The summed E-state index contributed by atoms with van der Waals surface area (Å²) in [6.07, 6.45) is 0.849. The lowest BCUT2D eigenvalue weighted by molar-refractivity contribution is 0.0948. The summed E-state index contributed by atoms with van der Waals surface area (Å²) >= 11 is 0. The second-order valence-electron chi connectivity index (χ2n) is 5.55. The van der Waals surface area contributed by atoms with Gasteiger partial charge in [-0.1, -0.05) is 25.1 Å². The molecule has 1 heterocycles. The summed E-state index contributed by atoms with van der Waals surface area (Å²) in [6.45, 7) is 6.99. The van der Waals surface area contributed by atoms with Crippen LogP contribution < -0.4 is 10.2 Å². The van der Waals surface area contributed by atoms with Gasteiger partial charge in [-0.2, -0.15) is 0 Å². The standard InChI is InChI=1S/C19H23N3O2/c1-4-12-20-18(23)16-10-7-11-17(21-16)19(24)22(5-2)15-9-6-8-14(3)13-15/h6-11,13H,4-5,12H2,1-3H3,(H,20,23). The predicted molar refractivity (Wildman–Crippen MR) is 95.4 cm³/mol. The number of hydrogen-bond acceptors (Lipinski definition) is 3. The highest BCUT2D eigenvalue weighted by Crippen LogP contribution is 2.18. The number of benzene rings is 1. The van der Waals surface area contributed by atoms with E-state index in [1.165, 1.54) is 0 Å². The van der Waals surface area contributed by atoms with E-state index in [9.17, 15) is 9.59 Å². The molecule has 0 spiro atoms. The Morgan fingerprint density at radius 2 is 1.79 bits per heavy atom. The van der Waals surface area contributed by atoms with Crippen LogP contribution in [0.25, 0.3) is 0 Å². The van der Waals surface area contributed by atoms with Crippen molar-refractivity contribution < 1.29 is 9.59 Å². The number of anilines is 1. The fraction of sp³-hybridized carbons (Fsp3) is 0.316. The monoisotopic (exact) mass is 325 g/mol. The molecule has 24 heavy (non-hydrogen) atoms. The van der Waals surface area contributed by atoms with Gasteiger partial charge in [0.1, 0.15) is 11.4 Å². The van der Waals surface area contributed by atoms with Crippen LogP contribution in [-0.2, 0) is 0 Å². The van der Waals surface area contributed by atoms with Crippen molar-refractivity contribution in [3.8, 4) is 0 Å². The fourth-order valence-electron chi connectivity index (χ4n) is 2.39. The summed E-state index contributed by atoms with van der Waals surface area (Å²) in [5, 5.41) is 2.77. The Kier molecular flexibility index (Phi) is 6.07. The number of nitrogens with zero attached hydrogens (tertiary/aromatic N) is 2. The van der Waals surface area contributed by atoms with Crippen molar-refractivity contribution in [2.24, 2.45) is 0 Å². The first kappa shape index (κ1) is 17.7. The third-order valence-corrected chi connectivity index (χ3v) is 3.61. The molecule has 2 amide bonds. The molecule has 0 unspecified atom stereocenters. The van der Waals surface area contributed by atoms with Gasteiger partial charge in [0.15, 0.2) is 0 Å². The lowest BCUT2D eigenvalue weighted by atomic mass is 10.2. The molecule has 1 N–H and O–H groups in total. The zero-order valence-corrected chi connectivity index (χ0v) is 14.4. The number of carbonyl (C=O) groups is 2. The minimum atomic E-state index is -0.259. The van der Waals surface area contributed by atoms with Gasteiger partial charge in [0, 0.05) is 18.8 Å². The maximum atomic E-state index is 12.8. The second-order valence-corrected chi connectivity index (χ2v) is 5.55. The number of carbonyl (C=O) groups excluding carboxylic acids is 2.